The molecule has 0 fully saturated rings. The molecule has 0 unspecified atom stereocenters. The van der Waals surface area contributed by atoms with E-state index in [2.05, 4.69) is 12.2 Å². The maximum absolute atomic E-state index is 12.7. The summed E-state index contributed by atoms with van der Waals surface area (Å²) in [6.07, 6.45) is 0.924. The number of carbonyl (C=O) groups is 2. The quantitative estimate of drug-likeness (QED) is 0.377. The van der Waals surface area contributed by atoms with Crippen LogP contribution >= 0.6 is 34.5 Å². The lowest BCUT2D eigenvalue weighted by Crippen LogP contribution is -2.21. The van der Waals surface area contributed by atoms with Gasteiger partial charge in [0.15, 0.2) is 6.61 Å². The summed E-state index contributed by atoms with van der Waals surface area (Å²) >= 11 is 13.2. The van der Waals surface area contributed by atoms with Gasteiger partial charge in [0, 0.05) is 16.0 Å². The van der Waals surface area contributed by atoms with Crippen molar-refractivity contribution in [2.45, 2.75) is 20.3 Å². The zero-order chi connectivity index (χ0) is 22.4. The summed E-state index contributed by atoms with van der Waals surface area (Å²) in [6.45, 7) is 3.77. The fourth-order valence-electron chi connectivity index (χ4n) is 2.89. The molecule has 0 radical (unpaired) electrons. The van der Waals surface area contributed by atoms with Crippen molar-refractivity contribution >= 4 is 51.4 Å². The molecule has 0 saturated heterocycles. The van der Waals surface area contributed by atoms with Gasteiger partial charge in [0.1, 0.15) is 16.3 Å². The number of thiophene rings is 1. The molecule has 1 heterocycles. The van der Waals surface area contributed by atoms with Crippen LogP contribution in [-0.4, -0.2) is 25.1 Å². The lowest BCUT2D eigenvalue weighted by Gasteiger charge is -2.10. The van der Waals surface area contributed by atoms with Crippen LogP contribution in [0.4, 0.5) is 5.00 Å². The van der Waals surface area contributed by atoms with E-state index < -0.39 is 11.9 Å². The monoisotopic (exact) mass is 477 g/mol. The van der Waals surface area contributed by atoms with Crippen LogP contribution in [0.15, 0.2) is 47.8 Å². The van der Waals surface area contributed by atoms with Crippen molar-refractivity contribution in [1.82, 2.24) is 0 Å². The van der Waals surface area contributed by atoms with E-state index in [1.807, 2.05) is 29.6 Å². The molecule has 3 rings (SSSR count). The number of anilines is 1. The first kappa shape index (κ1) is 23.1. The normalized spacial score (nSPS) is 10.6. The summed E-state index contributed by atoms with van der Waals surface area (Å²) < 4.78 is 10.7. The highest BCUT2D eigenvalue weighted by Gasteiger charge is 2.23. The highest BCUT2D eigenvalue weighted by Crippen LogP contribution is 2.36. The van der Waals surface area contributed by atoms with Crippen molar-refractivity contribution < 1.29 is 19.1 Å². The van der Waals surface area contributed by atoms with Crippen LogP contribution in [0.5, 0.6) is 5.75 Å². The highest BCUT2D eigenvalue weighted by molar-refractivity contribution is 7.15. The maximum Gasteiger partial charge on any atom is 0.341 e. The zero-order valence-electron chi connectivity index (χ0n) is 17.0. The SMILES string of the molecule is CCOC(=O)c1c(-c2ccc(CC)cc2)csc1NC(=O)COc1ccc(Cl)cc1Cl. The van der Waals surface area contributed by atoms with Crippen LogP contribution in [-0.2, 0) is 16.0 Å². The van der Waals surface area contributed by atoms with Crippen molar-refractivity contribution in [2.24, 2.45) is 0 Å². The summed E-state index contributed by atoms with van der Waals surface area (Å²) in [7, 11) is 0. The van der Waals surface area contributed by atoms with Gasteiger partial charge in [0.05, 0.1) is 11.6 Å². The van der Waals surface area contributed by atoms with Crippen molar-refractivity contribution in [1.29, 1.82) is 0 Å². The van der Waals surface area contributed by atoms with E-state index in [4.69, 9.17) is 32.7 Å². The topological polar surface area (TPSA) is 64.6 Å². The third-order valence-corrected chi connectivity index (χ3v) is 5.88. The minimum absolute atomic E-state index is 0.231. The average molecular weight is 478 g/mol. The Balaban J connectivity index is 1.80. The smallest absolute Gasteiger partial charge is 0.341 e. The third kappa shape index (κ3) is 5.79. The fraction of sp³-hybridized carbons (Fsp3) is 0.217. The number of benzene rings is 2. The van der Waals surface area contributed by atoms with Crippen LogP contribution in [0.1, 0.15) is 29.8 Å². The van der Waals surface area contributed by atoms with Gasteiger partial charge in [-0.3, -0.25) is 4.79 Å². The van der Waals surface area contributed by atoms with E-state index in [-0.39, 0.29) is 13.2 Å². The van der Waals surface area contributed by atoms with Gasteiger partial charge >= 0.3 is 5.97 Å². The van der Waals surface area contributed by atoms with Gasteiger partial charge in [-0.15, -0.1) is 11.3 Å². The Morgan fingerprint density at radius 1 is 1.06 bits per heavy atom. The number of amides is 1. The van der Waals surface area contributed by atoms with Gasteiger partial charge in [-0.1, -0.05) is 54.4 Å². The zero-order valence-corrected chi connectivity index (χ0v) is 19.4. The van der Waals surface area contributed by atoms with E-state index in [0.717, 1.165) is 12.0 Å². The first-order valence-corrected chi connectivity index (χ1v) is 11.3. The third-order valence-electron chi connectivity index (χ3n) is 4.45. The largest absolute Gasteiger partial charge is 0.482 e. The highest BCUT2D eigenvalue weighted by atomic mass is 35.5. The van der Waals surface area contributed by atoms with Crippen molar-refractivity contribution in [3.05, 3.63) is 69.0 Å². The number of esters is 1. The Bertz CT molecular complexity index is 1080. The number of ether oxygens (including phenoxy) is 2. The number of halogens is 2. The van der Waals surface area contributed by atoms with Crippen LogP contribution in [0.3, 0.4) is 0 Å². The molecule has 0 bridgehead atoms. The molecular weight excluding hydrogens is 457 g/mol. The number of nitrogens with one attached hydrogen (secondary N) is 1. The fourth-order valence-corrected chi connectivity index (χ4v) is 4.32. The Labute approximate surface area is 194 Å². The molecule has 1 N–H and O–H groups in total. The number of hydrogen-bond acceptors (Lipinski definition) is 5. The van der Waals surface area contributed by atoms with E-state index in [1.165, 1.54) is 23.0 Å². The minimum atomic E-state index is -0.490. The number of hydrogen-bond donors (Lipinski definition) is 1. The standard InChI is InChI=1S/C23H21Cl2NO4S/c1-3-14-5-7-15(8-6-14)17-13-31-22(21(17)23(28)29-4-2)26-20(27)12-30-19-10-9-16(24)11-18(19)25/h5-11,13H,3-4,12H2,1-2H3,(H,26,27). The Morgan fingerprint density at radius 2 is 1.81 bits per heavy atom. The van der Waals surface area contributed by atoms with Gasteiger partial charge in [0.2, 0.25) is 0 Å². The molecule has 2 aromatic carbocycles. The molecule has 0 spiro atoms. The molecule has 0 aliphatic carbocycles. The van der Waals surface area contributed by atoms with E-state index >= 15 is 0 Å². The first-order valence-electron chi connectivity index (χ1n) is 9.68. The summed E-state index contributed by atoms with van der Waals surface area (Å²) in [6, 6.07) is 12.7. The van der Waals surface area contributed by atoms with Crippen molar-refractivity contribution in [3.63, 3.8) is 0 Å². The van der Waals surface area contributed by atoms with Gasteiger partial charge in [-0.2, -0.15) is 0 Å². The Morgan fingerprint density at radius 3 is 2.45 bits per heavy atom. The van der Waals surface area contributed by atoms with Gasteiger partial charge in [0.25, 0.3) is 5.91 Å². The molecule has 0 atom stereocenters. The van der Waals surface area contributed by atoms with Gasteiger partial charge in [-0.05, 0) is 42.7 Å². The molecule has 1 aromatic heterocycles. The van der Waals surface area contributed by atoms with Crippen molar-refractivity contribution in [2.75, 3.05) is 18.5 Å². The molecule has 0 aliphatic heterocycles. The second-order valence-corrected chi connectivity index (χ2v) is 8.26. The van der Waals surface area contributed by atoms with Crippen molar-refractivity contribution in [3.8, 4) is 16.9 Å². The van der Waals surface area contributed by atoms with Crippen LogP contribution in [0.2, 0.25) is 10.0 Å². The summed E-state index contributed by atoms with van der Waals surface area (Å²) in [5.74, 6) is -0.573. The van der Waals surface area contributed by atoms with Gasteiger partial charge in [-0.25, -0.2) is 4.79 Å². The maximum atomic E-state index is 12.7. The Hall–Kier alpha value is -2.54. The second kappa shape index (κ2) is 10.7. The lowest BCUT2D eigenvalue weighted by molar-refractivity contribution is -0.118. The Kier molecular flexibility index (Phi) is 7.96. The van der Waals surface area contributed by atoms with Crippen LogP contribution in [0, 0.1) is 0 Å². The molecule has 31 heavy (non-hydrogen) atoms. The first-order chi connectivity index (χ1) is 14.9. The summed E-state index contributed by atoms with van der Waals surface area (Å²) in [5, 5.41) is 5.77. The molecule has 162 valence electrons. The number of aryl methyl sites for hydroxylation is 1. The molecule has 5 nitrogen and oxygen atoms in total. The van der Waals surface area contributed by atoms with E-state index in [1.54, 1.807) is 19.1 Å². The minimum Gasteiger partial charge on any atom is -0.482 e. The van der Waals surface area contributed by atoms with Crippen LogP contribution < -0.4 is 10.1 Å². The molecule has 0 aliphatic rings. The van der Waals surface area contributed by atoms with E-state index in [9.17, 15) is 9.59 Å². The second-order valence-electron chi connectivity index (χ2n) is 6.54. The number of carbonyl (C=O) groups excluding carboxylic acids is 2. The average Bonchev–Trinajstić information content (AvgIpc) is 3.17. The van der Waals surface area contributed by atoms with E-state index in [0.29, 0.717) is 31.9 Å². The lowest BCUT2D eigenvalue weighted by atomic mass is 10.0. The number of rotatable bonds is 8. The molecule has 0 saturated carbocycles. The summed E-state index contributed by atoms with van der Waals surface area (Å²) in [4.78, 5) is 25.1. The molecule has 3 aromatic rings. The molecular formula is C23H21Cl2NO4S. The predicted molar refractivity (Wildman–Crippen MR) is 126 cm³/mol. The molecule has 8 heteroatoms. The van der Waals surface area contributed by atoms with Crippen LogP contribution in [0.25, 0.3) is 11.1 Å². The van der Waals surface area contributed by atoms with Gasteiger partial charge < -0.3 is 14.8 Å². The molecule has 1 amide bonds. The summed E-state index contributed by atoms with van der Waals surface area (Å²) in [5.41, 5.74) is 3.11. The predicted octanol–water partition coefficient (Wildman–Crippen LogP) is 6.48.